The summed E-state index contributed by atoms with van der Waals surface area (Å²) in [5, 5.41) is 12.3. The zero-order valence-corrected chi connectivity index (χ0v) is 9.23. The summed E-state index contributed by atoms with van der Waals surface area (Å²) in [6.45, 7) is 5.80. The number of amides is 4. The van der Waals surface area contributed by atoms with Crippen LogP contribution in [-0.4, -0.2) is 52.3 Å². The second-order valence-corrected chi connectivity index (χ2v) is 3.46. The van der Waals surface area contributed by atoms with E-state index in [0.717, 1.165) is 4.90 Å². The highest BCUT2D eigenvalue weighted by Gasteiger charge is 2.36. The number of carbonyl (C=O) groups excluding carboxylic acids is 2. The van der Waals surface area contributed by atoms with E-state index in [2.05, 4.69) is 5.32 Å². The molecular weight excluding hydrogens is 198 g/mol. The molecule has 0 radical (unpaired) electrons. The normalized spacial score (nSPS) is 27.7. The molecule has 0 spiro atoms. The van der Waals surface area contributed by atoms with E-state index in [-0.39, 0.29) is 0 Å². The van der Waals surface area contributed by atoms with Crippen LogP contribution in [0.5, 0.6) is 0 Å². The molecule has 1 rings (SSSR count). The molecule has 0 aromatic rings. The largest absolute Gasteiger partial charge is 0.371 e. The highest BCUT2D eigenvalue weighted by molar-refractivity contribution is 5.94. The van der Waals surface area contributed by atoms with Crippen molar-refractivity contribution in [1.29, 1.82) is 0 Å². The molecule has 0 aliphatic carbocycles. The summed E-state index contributed by atoms with van der Waals surface area (Å²) in [6.07, 6.45) is -0.969. The fourth-order valence-electron chi connectivity index (χ4n) is 1.57. The van der Waals surface area contributed by atoms with Gasteiger partial charge in [-0.2, -0.15) is 0 Å². The number of hydrogen-bond donors (Lipinski definition) is 2. The lowest BCUT2D eigenvalue weighted by Crippen LogP contribution is -2.48. The van der Waals surface area contributed by atoms with Gasteiger partial charge in [0.05, 0.1) is 6.04 Å². The number of aliphatic hydroxyl groups is 1. The molecule has 1 aliphatic rings. The molecule has 0 saturated carbocycles. The van der Waals surface area contributed by atoms with Gasteiger partial charge in [0.1, 0.15) is 0 Å². The molecule has 2 atom stereocenters. The number of likely N-dealkylation sites (N-methyl/N-ethyl adjacent to an activating group) is 1. The van der Waals surface area contributed by atoms with Crippen molar-refractivity contribution in [2.45, 2.75) is 33.0 Å². The van der Waals surface area contributed by atoms with Crippen molar-refractivity contribution in [2.24, 2.45) is 0 Å². The van der Waals surface area contributed by atoms with Crippen LogP contribution in [0.4, 0.5) is 9.59 Å². The predicted molar refractivity (Wildman–Crippen MR) is 54.2 cm³/mol. The third kappa shape index (κ3) is 2.04. The number of aliphatic hydroxyl groups excluding tert-OH is 1. The first-order chi connectivity index (χ1) is 7.02. The first-order valence-corrected chi connectivity index (χ1v) is 5.09. The molecule has 6 nitrogen and oxygen atoms in total. The van der Waals surface area contributed by atoms with Crippen molar-refractivity contribution >= 4 is 12.1 Å². The molecule has 86 valence electrons. The summed E-state index contributed by atoms with van der Waals surface area (Å²) in [4.78, 5) is 25.7. The van der Waals surface area contributed by atoms with E-state index in [0.29, 0.717) is 13.1 Å². The van der Waals surface area contributed by atoms with Crippen molar-refractivity contribution in [3.63, 3.8) is 0 Å². The molecule has 0 aromatic carbocycles. The van der Waals surface area contributed by atoms with Gasteiger partial charge in [0, 0.05) is 13.1 Å². The lowest BCUT2D eigenvalue weighted by Gasteiger charge is -2.28. The van der Waals surface area contributed by atoms with E-state index in [1.165, 1.54) is 4.90 Å². The molecule has 0 aromatic heterocycles. The summed E-state index contributed by atoms with van der Waals surface area (Å²) >= 11 is 0. The van der Waals surface area contributed by atoms with Crippen LogP contribution in [0.25, 0.3) is 0 Å². The van der Waals surface area contributed by atoms with Crippen molar-refractivity contribution in [3.05, 3.63) is 0 Å². The van der Waals surface area contributed by atoms with Crippen LogP contribution in [0.15, 0.2) is 0 Å². The average Bonchev–Trinajstić information content (AvgIpc) is 2.25. The Morgan fingerprint density at radius 2 is 1.93 bits per heavy atom. The lowest BCUT2D eigenvalue weighted by atomic mass is 10.3. The summed E-state index contributed by atoms with van der Waals surface area (Å²) in [7, 11) is 0. The lowest BCUT2D eigenvalue weighted by molar-refractivity contribution is 0.0144. The maximum Gasteiger partial charge on any atom is 0.330 e. The minimum absolute atomic E-state index is 0.292. The SMILES string of the molecule is CCN1C(=O)NC(C)C(O)N(CC)C1=O. The third-order valence-electron chi connectivity index (χ3n) is 2.50. The molecule has 1 fully saturated rings. The van der Waals surface area contributed by atoms with Crippen molar-refractivity contribution < 1.29 is 14.7 Å². The molecule has 4 amide bonds. The van der Waals surface area contributed by atoms with Crippen LogP contribution in [0.3, 0.4) is 0 Å². The fourth-order valence-corrected chi connectivity index (χ4v) is 1.57. The quantitative estimate of drug-likeness (QED) is 0.690. The summed E-state index contributed by atoms with van der Waals surface area (Å²) in [6, 6.07) is -1.36. The minimum Gasteiger partial charge on any atom is -0.371 e. The molecule has 1 saturated heterocycles. The Morgan fingerprint density at radius 1 is 1.33 bits per heavy atom. The minimum atomic E-state index is -0.969. The molecular formula is C9H17N3O3. The van der Waals surface area contributed by atoms with Gasteiger partial charge in [0.2, 0.25) is 0 Å². The van der Waals surface area contributed by atoms with Gasteiger partial charge in [-0.1, -0.05) is 0 Å². The Bertz CT molecular complexity index is 269. The molecule has 2 N–H and O–H groups in total. The van der Waals surface area contributed by atoms with E-state index in [9.17, 15) is 14.7 Å². The maximum absolute atomic E-state index is 11.8. The maximum atomic E-state index is 11.8. The highest BCUT2D eigenvalue weighted by atomic mass is 16.3. The molecule has 2 unspecified atom stereocenters. The standard InChI is InChI=1S/C9H17N3O3/c1-4-11-7(13)6(3)10-8(14)12(5-2)9(11)15/h6-7,13H,4-5H2,1-3H3,(H,10,14). The molecule has 1 aliphatic heterocycles. The van der Waals surface area contributed by atoms with Crippen molar-refractivity contribution in [1.82, 2.24) is 15.1 Å². The smallest absolute Gasteiger partial charge is 0.330 e. The summed E-state index contributed by atoms with van der Waals surface area (Å²) in [5.41, 5.74) is 0. The van der Waals surface area contributed by atoms with Gasteiger partial charge in [-0.3, -0.25) is 4.90 Å². The first kappa shape index (κ1) is 11.8. The van der Waals surface area contributed by atoms with E-state index in [1.807, 2.05) is 0 Å². The van der Waals surface area contributed by atoms with Gasteiger partial charge in [-0.25, -0.2) is 14.5 Å². The summed E-state index contributed by atoms with van der Waals surface area (Å²) < 4.78 is 0. The highest BCUT2D eigenvalue weighted by Crippen LogP contribution is 2.11. The fraction of sp³-hybridized carbons (Fsp3) is 0.778. The Labute approximate surface area is 88.8 Å². The molecule has 0 bridgehead atoms. The zero-order valence-electron chi connectivity index (χ0n) is 9.23. The van der Waals surface area contributed by atoms with Gasteiger partial charge in [-0.15, -0.1) is 0 Å². The van der Waals surface area contributed by atoms with Gasteiger partial charge in [-0.05, 0) is 20.8 Å². The van der Waals surface area contributed by atoms with Gasteiger partial charge in [0.25, 0.3) is 0 Å². The summed E-state index contributed by atoms with van der Waals surface area (Å²) in [5.74, 6) is 0. The van der Waals surface area contributed by atoms with Crippen LogP contribution in [0.2, 0.25) is 0 Å². The van der Waals surface area contributed by atoms with E-state index in [4.69, 9.17) is 0 Å². The number of urea groups is 2. The molecule has 1 heterocycles. The zero-order chi connectivity index (χ0) is 11.6. The first-order valence-electron chi connectivity index (χ1n) is 5.09. The topological polar surface area (TPSA) is 72.9 Å². The Hall–Kier alpha value is -1.30. The second-order valence-electron chi connectivity index (χ2n) is 3.46. The number of imide groups is 1. The number of nitrogens with one attached hydrogen (secondary N) is 1. The molecule has 15 heavy (non-hydrogen) atoms. The Balaban J connectivity index is 2.98. The van der Waals surface area contributed by atoms with Crippen LogP contribution < -0.4 is 5.32 Å². The van der Waals surface area contributed by atoms with Crippen LogP contribution in [-0.2, 0) is 0 Å². The number of hydrogen-bond acceptors (Lipinski definition) is 3. The number of nitrogens with zero attached hydrogens (tertiary/aromatic N) is 2. The van der Waals surface area contributed by atoms with Crippen molar-refractivity contribution in [2.75, 3.05) is 13.1 Å². The van der Waals surface area contributed by atoms with E-state index < -0.39 is 24.3 Å². The Morgan fingerprint density at radius 3 is 2.40 bits per heavy atom. The van der Waals surface area contributed by atoms with Gasteiger partial charge in [0.15, 0.2) is 6.23 Å². The third-order valence-corrected chi connectivity index (χ3v) is 2.50. The number of carbonyl (C=O) groups is 2. The molecule has 6 heteroatoms. The van der Waals surface area contributed by atoms with Gasteiger partial charge < -0.3 is 10.4 Å². The Kier molecular flexibility index (Phi) is 3.52. The monoisotopic (exact) mass is 215 g/mol. The van der Waals surface area contributed by atoms with Crippen LogP contribution in [0.1, 0.15) is 20.8 Å². The van der Waals surface area contributed by atoms with Crippen molar-refractivity contribution in [3.8, 4) is 0 Å². The average molecular weight is 215 g/mol. The van der Waals surface area contributed by atoms with Crippen LogP contribution >= 0.6 is 0 Å². The van der Waals surface area contributed by atoms with E-state index >= 15 is 0 Å². The second kappa shape index (κ2) is 4.48. The number of rotatable bonds is 2. The predicted octanol–water partition coefficient (Wildman–Crippen LogP) is 0.180. The van der Waals surface area contributed by atoms with E-state index in [1.54, 1.807) is 20.8 Å². The van der Waals surface area contributed by atoms with Crippen LogP contribution in [0, 0.1) is 0 Å². The van der Waals surface area contributed by atoms with Gasteiger partial charge >= 0.3 is 12.1 Å².